The van der Waals surface area contributed by atoms with Crippen molar-refractivity contribution in [3.63, 3.8) is 0 Å². The van der Waals surface area contributed by atoms with Crippen LogP contribution in [-0.2, 0) is 21.2 Å². The molecule has 1 heterocycles. The summed E-state index contributed by atoms with van der Waals surface area (Å²) >= 11 is 0. The van der Waals surface area contributed by atoms with Gasteiger partial charge in [0.2, 0.25) is 15.9 Å². The summed E-state index contributed by atoms with van der Waals surface area (Å²) in [6, 6.07) is 11.4. The molecule has 2 aromatic carbocycles. The maximum absolute atomic E-state index is 13.1. The SMILES string of the molecule is CC1CCc2cc(S(=O)(=O)NC3CCC(C(=O)N[C@H](C)c4ccc(F)cc4)CC3)ccc2N1. The van der Waals surface area contributed by atoms with E-state index in [0.717, 1.165) is 29.7 Å². The smallest absolute Gasteiger partial charge is 0.240 e. The molecule has 178 valence electrons. The molecule has 0 saturated heterocycles. The van der Waals surface area contributed by atoms with Crippen molar-refractivity contribution in [3.8, 4) is 0 Å². The Morgan fingerprint density at radius 2 is 1.76 bits per heavy atom. The highest BCUT2D eigenvalue weighted by atomic mass is 32.2. The lowest BCUT2D eigenvalue weighted by Gasteiger charge is -2.29. The third-order valence-electron chi connectivity index (χ3n) is 6.78. The number of hydrogen-bond donors (Lipinski definition) is 3. The van der Waals surface area contributed by atoms with Gasteiger partial charge >= 0.3 is 0 Å². The van der Waals surface area contributed by atoms with Crippen molar-refractivity contribution < 1.29 is 17.6 Å². The first-order valence-electron chi connectivity index (χ1n) is 11.7. The number of amides is 1. The molecule has 1 fully saturated rings. The second-order valence-electron chi connectivity index (χ2n) is 9.35. The zero-order valence-corrected chi connectivity index (χ0v) is 19.9. The molecule has 3 N–H and O–H groups in total. The van der Waals surface area contributed by atoms with E-state index >= 15 is 0 Å². The number of halogens is 1. The van der Waals surface area contributed by atoms with Gasteiger partial charge in [-0.05, 0) is 93.8 Å². The van der Waals surface area contributed by atoms with Crippen molar-refractivity contribution >= 4 is 21.6 Å². The number of rotatable bonds is 6. The Bertz CT molecular complexity index is 1100. The van der Waals surface area contributed by atoms with Gasteiger partial charge in [-0.3, -0.25) is 4.79 Å². The Labute approximate surface area is 195 Å². The van der Waals surface area contributed by atoms with E-state index in [0.29, 0.717) is 36.6 Å². The predicted molar refractivity (Wildman–Crippen MR) is 127 cm³/mol. The number of fused-ring (bicyclic) bond motifs is 1. The number of sulfonamides is 1. The van der Waals surface area contributed by atoms with E-state index in [1.807, 2.05) is 13.0 Å². The van der Waals surface area contributed by atoms with Crippen LogP contribution in [-0.4, -0.2) is 26.4 Å². The van der Waals surface area contributed by atoms with Gasteiger partial charge in [0.05, 0.1) is 10.9 Å². The maximum Gasteiger partial charge on any atom is 0.240 e. The van der Waals surface area contributed by atoms with Crippen molar-refractivity contribution in [2.24, 2.45) is 5.92 Å². The second-order valence-corrected chi connectivity index (χ2v) is 11.1. The quantitative estimate of drug-likeness (QED) is 0.584. The summed E-state index contributed by atoms with van der Waals surface area (Å²) in [6.45, 7) is 3.99. The van der Waals surface area contributed by atoms with Gasteiger partial charge in [0, 0.05) is 23.7 Å². The average molecular weight is 474 g/mol. The van der Waals surface area contributed by atoms with Crippen LogP contribution in [0.1, 0.15) is 63.1 Å². The van der Waals surface area contributed by atoms with Crippen LogP contribution in [0.15, 0.2) is 47.4 Å². The minimum absolute atomic E-state index is 0.0375. The molecule has 1 aliphatic carbocycles. The van der Waals surface area contributed by atoms with Gasteiger partial charge < -0.3 is 10.6 Å². The molecule has 0 radical (unpaired) electrons. The molecule has 0 aromatic heterocycles. The highest BCUT2D eigenvalue weighted by Gasteiger charge is 2.30. The molecule has 33 heavy (non-hydrogen) atoms. The van der Waals surface area contributed by atoms with E-state index in [2.05, 4.69) is 22.3 Å². The van der Waals surface area contributed by atoms with E-state index < -0.39 is 10.0 Å². The summed E-state index contributed by atoms with van der Waals surface area (Å²) in [4.78, 5) is 13.0. The lowest BCUT2D eigenvalue weighted by molar-refractivity contribution is -0.126. The first-order valence-corrected chi connectivity index (χ1v) is 13.2. The van der Waals surface area contributed by atoms with Crippen LogP contribution in [0.2, 0.25) is 0 Å². The van der Waals surface area contributed by atoms with Crippen molar-refractivity contribution in [1.82, 2.24) is 10.0 Å². The highest BCUT2D eigenvalue weighted by Crippen LogP contribution is 2.29. The summed E-state index contributed by atoms with van der Waals surface area (Å²) in [7, 11) is -3.61. The van der Waals surface area contributed by atoms with Gasteiger partial charge in [-0.2, -0.15) is 0 Å². The summed E-state index contributed by atoms with van der Waals surface area (Å²) < 4.78 is 41.9. The van der Waals surface area contributed by atoms with Crippen LogP contribution in [0.25, 0.3) is 0 Å². The van der Waals surface area contributed by atoms with Crippen LogP contribution in [0.5, 0.6) is 0 Å². The third-order valence-corrected chi connectivity index (χ3v) is 8.30. The molecule has 1 aliphatic heterocycles. The number of carbonyl (C=O) groups excluding carboxylic acids is 1. The van der Waals surface area contributed by atoms with E-state index in [1.54, 1.807) is 24.3 Å². The van der Waals surface area contributed by atoms with Gasteiger partial charge in [0.15, 0.2) is 0 Å². The average Bonchev–Trinajstić information content (AvgIpc) is 2.79. The molecular formula is C25H32FN3O3S. The number of carbonyl (C=O) groups is 1. The Morgan fingerprint density at radius 3 is 2.45 bits per heavy atom. The van der Waals surface area contributed by atoms with Crippen LogP contribution < -0.4 is 15.4 Å². The second kappa shape index (κ2) is 9.81. The summed E-state index contributed by atoms with van der Waals surface area (Å²) in [5, 5.41) is 6.39. The zero-order chi connectivity index (χ0) is 23.6. The molecule has 0 bridgehead atoms. The predicted octanol–water partition coefficient (Wildman–Crippen LogP) is 4.29. The Balaban J connectivity index is 1.30. The van der Waals surface area contributed by atoms with E-state index in [4.69, 9.17) is 0 Å². The van der Waals surface area contributed by atoms with Crippen molar-refractivity contribution in [1.29, 1.82) is 0 Å². The molecule has 8 heteroatoms. The number of aryl methyl sites for hydroxylation is 1. The Kier molecular flexibility index (Phi) is 7.05. The van der Waals surface area contributed by atoms with Crippen LogP contribution in [0.3, 0.4) is 0 Å². The molecule has 2 atom stereocenters. The molecule has 0 spiro atoms. The first-order chi connectivity index (χ1) is 15.7. The Hall–Kier alpha value is -2.45. The van der Waals surface area contributed by atoms with Crippen molar-refractivity contribution in [3.05, 3.63) is 59.4 Å². The third kappa shape index (κ3) is 5.73. The summed E-state index contributed by atoms with van der Waals surface area (Å²) in [5.41, 5.74) is 2.89. The number of nitrogens with one attached hydrogen (secondary N) is 3. The Morgan fingerprint density at radius 1 is 1.06 bits per heavy atom. The van der Waals surface area contributed by atoms with Crippen molar-refractivity contribution in [2.45, 2.75) is 75.4 Å². The molecule has 2 aromatic rings. The zero-order valence-electron chi connectivity index (χ0n) is 19.1. The topological polar surface area (TPSA) is 87.3 Å². The standard InChI is InChI=1S/C25H32FN3O3S/c1-16-3-4-20-15-23(13-14-24(20)27-16)33(31,32)29-22-11-7-19(8-12-22)25(30)28-17(2)18-5-9-21(26)10-6-18/h5-6,9-10,13-17,19,22,27,29H,3-4,7-8,11-12H2,1-2H3,(H,28,30)/t16?,17-,19?,22?/m1/s1. The fraction of sp³-hybridized carbons (Fsp3) is 0.480. The molecule has 1 saturated carbocycles. The fourth-order valence-corrected chi connectivity index (χ4v) is 6.08. The largest absolute Gasteiger partial charge is 0.382 e. The molecule has 4 rings (SSSR count). The van der Waals surface area contributed by atoms with Gasteiger partial charge in [0.25, 0.3) is 0 Å². The lowest BCUT2D eigenvalue weighted by atomic mass is 9.85. The molecule has 1 unspecified atom stereocenters. The van der Waals surface area contributed by atoms with Crippen LogP contribution in [0, 0.1) is 11.7 Å². The molecule has 2 aliphatic rings. The van der Waals surface area contributed by atoms with Gasteiger partial charge in [0.1, 0.15) is 5.82 Å². The van der Waals surface area contributed by atoms with Gasteiger partial charge in [-0.1, -0.05) is 12.1 Å². The number of benzene rings is 2. The minimum atomic E-state index is -3.61. The highest BCUT2D eigenvalue weighted by molar-refractivity contribution is 7.89. The monoisotopic (exact) mass is 473 g/mol. The summed E-state index contributed by atoms with van der Waals surface area (Å²) in [5.74, 6) is -0.491. The molecule has 6 nitrogen and oxygen atoms in total. The summed E-state index contributed by atoms with van der Waals surface area (Å²) in [6.07, 6.45) is 4.33. The van der Waals surface area contributed by atoms with Gasteiger partial charge in [-0.15, -0.1) is 0 Å². The van der Waals surface area contributed by atoms with Crippen LogP contribution in [0.4, 0.5) is 10.1 Å². The first kappa shape index (κ1) is 23.7. The molecular weight excluding hydrogens is 441 g/mol. The number of hydrogen-bond acceptors (Lipinski definition) is 4. The van der Waals surface area contributed by atoms with E-state index in [9.17, 15) is 17.6 Å². The lowest BCUT2D eigenvalue weighted by Crippen LogP contribution is -2.41. The number of anilines is 1. The van der Waals surface area contributed by atoms with Crippen molar-refractivity contribution in [2.75, 3.05) is 5.32 Å². The molecule has 1 amide bonds. The normalized spacial score (nSPS) is 23.8. The van der Waals surface area contributed by atoms with E-state index in [-0.39, 0.29) is 29.7 Å². The minimum Gasteiger partial charge on any atom is -0.382 e. The van der Waals surface area contributed by atoms with E-state index in [1.165, 1.54) is 12.1 Å². The van der Waals surface area contributed by atoms with Crippen LogP contribution >= 0.6 is 0 Å². The maximum atomic E-state index is 13.1. The fourth-order valence-electron chi connectivity index (χ4n) is 4.72. The van der Waals surface area contributed by atoms with Gasteiger partial charge in [-0.25, -0.2) is 17.5 Å².